The quantitative estimate of drug-likeness (QED) is 0.907. The van der Waals surface area contributed by atoms with Crippen LogP contribution < -0.4 is 5.73 Å². The highest BCUT2D eigenvalue weighted by Crippen LogP contribution is 2.19. The molecule has 3 rings (SSSR count). The summed E-state index contributed by atoms with van der Waals surface area (Å²) in [5, 5.41) is 0.676. The van der Waals surface area contributed by atoms with Crippen molar-refractivity contribution in [2.24, 2.45) is 5.92 Å². The van der Waals surface area contributed by atoms with Crippen LogP contribution in [0.2, 0.25) is 0 Å². The number of nitrogen functional groups attached to an aromatic ring is 1. The van der Waals surface area contributed by atoms with E-state index in [1.54, 1.807) is 11.3 Å². The number of piperazine rings is 1. The molecule has 2 saturated heterocycles. The zero-order valence-electron chi connectivity index (χ0n) is 11.7. The molecule has 3 heterocycles. The van der Waals surface area contributed by atoms with Crippen molar-refractivity contribution in [1.29, 1.82) is 0 Å². The standard InChI is InChI=1S/C13H22N4OS.ClH/c14-13-15-7-12(19-13)9-17-4-2-16(3-5-17)8-11-1-6-18-10-11;/h7,11H,1-6,8-10H2,(H2,14,15);1H. The maximum absolute atomic E-state index is 5.67. The first kappa shape index (κ1) is 16.0. The van der Waals surface area contributed by atoms with Crippen LogP contribution in [0.4, 0.5) is 5.13 Å². The lowest BCUT2D eigenvalue weighted by Gasteiger charge is -2.35. The first-order valence-electron chi connectivity index (χ1n) is 7.02. The van der Waals surface area contributed by atoms with Crippen molar-refractivity contribution in [3.05, 3.63) is 11.1 Å². The minimum absolute atomic E-state index is 0. The van der Waals surface area contributed by atoms with E-state index in [-0.39, 0.29) is 12.4 Å². The highest BCUT2D eigenvalue weighted by Gasteiger charge is 2.22. The van der Waals surface area contributed by atoms with E-state index in [0.717, 1.165) is 38.8 Å². The van der Waals surface area contributed by atoms with E-state index in [1.165, 1.54) is 30.9 Å². The number of nitrogens with zero attached hydrogens (tertiary/aromatic N) is 3. The summed E-state index contributed by atoms with van der Waals surface area (Å²) in [4.78, 5) is 10.5. The molecule has 1 atom stereocenters. The average molecular weight is 319 g/mol. The average Bonchev–Trinajstić information content (AvgIpc) is 3.04. The van der Waals surface area contributed by atoms with Gasteiger partial charge in [-0.3, -0.25) is 4.90 Å². The van der Waals surface area contributed by atoms with Crippen LogP contribution in [0.5, 0.6) is 0 Å². The van der Waals surface area contributed by atoms with Crippen molar-refractivity contribution in [3.63, 3.8) is 0 Å². The predicted molar refractivity (Wildman–Crippen MR) is 84.4 cm³/mol. The van der Waals surface area contributed by atoms with Crippen LogP contribution in [0.3, 0.4) is 0 Å². The highest BCUT2D eigenvalue weighted by molar-refractivity contribution is 7.15. The molecule has 1 aromatic rings. The maximum Gasteiger partial charge on any atom is 0.180 e. The Labute approximate surface area is 130 Å². The molecule has 0 radical (unpaired) electrons. The summed E-state index contributed by atoms with van der Waals surface area (Å²) in [6.45, 7) is 8.75. The molecule has 5 nitrogen and oxygen atoms in total. The Kier molecular flexibility index (Phi) is 6.04. The molecule has 0 spiro atoms. The highest BCUT2D eigenvalue weighted by atomic mass is 35.5. The van der Waals surface area contributed by atoms with Gasteiger partial charge in [-0.25, -0.2) is 4.98 Å². The Bertz CT molecular complexity index is 403. The summed E-state index contributed by atoms with van der Waals surface area (Å²) in [6.07, 6.45) is 3.14. The van der Waals surface area contributed by atoms with Crippen LogP contribution in [0.15, 0.2) is 6.20 Å². The van der Waals surface area contributed by atoms with Crippen molar-refractivity contribution in [3.8, 4) is 0 Å². The maximum atomic E-state index is 5.67. The second-order valence-electron chi connectivity index (χ2n) is 5.47. The molecule has 20 heavy (non-hydrogen) atoms. The van der Waals surface area contributed by atoms with Gasteiger partial charge < -0.3 is 15.4 Å². The third-order valence-corrected chi connectivity index (χ3v) is 4.77. The third kappa shape index (κ3) is 4.30. The zero-order valence-corrected chi connectivity index (χ0v) is 13.3. The summed E-state index contributed by atoms with van der Waals surface area (Å²) in [5.41, 5.74) is 5.67. The molecular formula is C13H23ClN4OS. The van der Waals surface area contributed by atoms with Crippen molar-refractivity contribution in [2.45, 2.75) is 13.0 Å². The number of ether oxygens (including phenoxy) is 1. The number of halogens is 1. The first-order chi connectivity index (χ1) is 9.29. The molecule has 2 N–H and O–H groups in total. The molecule has 114 valence electrons. The summed E-state index contributed by atoms with van der Waals surface area (Å²) < 4.78 is 5.45. The van der Waals surface area contributed by atoms with Gasteiger partial charge in [0.1, 0.15) is 0 Å². The van der Waals surface area contributed by atoms with Gasteiger partial charge >= 0.3 is 0 Å². The molecule has 2 aliphatic rings. The van der Waals surface area contributed by atoms with Crippen LogP contribution >= 0.6 is 23.7 Å². The molecule has 0 bridgehead atoms. The topological polar surface area (TPSA) is 54.6 Å². The summed E-state index contributed by atoms with van der Waals surface area (Å²) in [7, 11) is 0. The van der Waals surface area contributed by atoms with Crippen LogP contribution in [0, 0.1) is 5.92 Å². The largest absolute Gasteiger partial charge is 0.381 e. The van der Waals surface area contributed by atoms with E-state index >= 15 is 0 Å². The second-order valence-corrected chi connectivity index (χ2v) is 6.62. The molecule has 2 aliphatic heterocycles. The number of thiazole rings is 1. The van der Waals surface area contributed by atoms with E-state index in [4.69, 9.17) is 10.5 Å². The molecule has 2 fully saturated rings. The lowest BCUT2D eigenvalue weighted by Crippen LogP contribution is -2.47. The van der Waals surface area contributed by atoms with Crippen molar-refractivity contribution in [1.82, 2.24) is 14.8 Å². The van der Waals surface area contributed by atoms with Crippen LogP contribution in [-0.2, 0) is 11.3 Å². The number of hydrogen-bond acceptors (Lipinski definition) is 6. The van der Waals surface area contributed by atoms with E-state index in [2.05, 4.69) is 14.8 Å². The number of hydrogen-bond donors (Lipinski definition) is 1. The molecule has 0 aliphatic carbocycles. The lowest BCUT2D eigenvalue weighted by molar-refractivity contribution is 0.107. The Morgan fingerprint density at radius 2 is 2.05 bits per heavy atom. The van der Waals surface area contributed by atoms with Gasteiger partial charge in [0.15, 0.2) is 5.13 Å². The zero-order chi connectivity index (χ0) is 13.1. The minimum atomic E-state index is 0. The van der Waals surface area contributed by atoms with E-state index in [9.17, 15) is 0 Å². The van der Waals surface area contributed by atoms with Gasteiger partial charge in [-0.05, 0) is 12.3 Å². The Morgan fingerprint density at radius 1 is 1.30 bits per heavy atom. The van der Waals surface area contributed by atoms with Gasteiger partial charge in [0.2, 0.25) is 0 Å². The smallest absolute Gasteiger partial charge is 0.180 e. The van der Waals surface area contributed by atoms with E-state index in [1.807, 2.05) is 6.20 Å². The normalized spacial score (nSPS) is 24.7. The van der Waals surface area contributed by atoms with Crippen LogP contribution in [-0.4, -0.2) is 60.7 Å². The van der Waals surface area contributed by atoms with Crippen LogP contribution in [0.1, 0.15) is 11.3 Å². The molecule has 7 heteroatoms. The number of aromatic nitrogens is 1. The fourth-order valence-electron chi connectivity index (χ4n) is 2.84. The van der Waals surface area contributed by atoms with Crippen LogP contribution in [0.25, 0.3) is 0 Å². The van der Waals surface area contributed by atoms with Crippen molar-refractivity contribution in [2.75, 3.05) is 51.7 Å². The van der Waals surface area contributed by atoms with Gasteiger partial charge in [0, 0.05) is 56.9 Å². The number of anilines is 1. The molecule has 1 aromatic heterocycles. The third-order valence-electron chi connectivity index (χ3n) is 3.96. The Morgan fingerprint density at radius 3 is 2.65 bits per heavy atom. The van der Waals surface area contributed by atoms with Gasteiger partial charge in [0.25, 0.3) is 0 Å². The monoisotopic (exact) mass is 318 g/mol. The number of nitrogens with two attached hydrogens (primary N) is 1. The molecule has 0 amide bonds. The predicted octanol–water partition coefficient (Wildman–Crippen LogP) is 1.30. The first-order valence-corrected chi connectivity index (χ1v) is 7.84. The van der Waals surface area contributed by atoms with Crippen molar-refractivity contribution < 1.29 is 4.74 Å². The molecule has 0 saturated carbocycles. The fraction of sp³-hybridized carbons (Fsp3) is 0.769. The summed E-state index contributed by atoms with van der Waals surface area (Å²) in [6, 6.07) is 0. The number of rotatable bonds is 4. The molecular weight excluding hydrogens is 296 g/mol. The van der Waals surface area contributed by atoms with Crippen molar-refractivity contribution >= 4 is 28.9 Å². The van der Waals surface area contributed by atoms with E-state index < -0.39 is 0 Å². The fourth-order valence-corrected chi connectivity index (χ4v) is 3.57. The summed E-state index contributed by atoms with van der Waals surface area (Å²) >= 11 is 1.60. The van der Waals surface area contributed by atoms with Gasteiger partial charge in [-0.2, -0.15) is 0 Å². The Balaban J connectivity index is 0.00000147. The van der Waals surface area contributed by atoms with Gasteiger partial charge in [-0.15, -0.1) is 23.7 Å². The Hall–Kier alpha value is -0.400. The van der Waals surface area contributed by atoms with Gasteiger partial charge in [-0.1, -0.05) is 0 Å². The summed E-state index contributed by atoms with van der Waals surface area (Å²) in [5.74, 6) is 0.757. The lowest BCUT2D eigenvalue weighted by atomic mass is 10.1. The SMILES string of the molecule is Cl.Nc1ncc(CN2CCN(CC3CCOC3)CC2)s1. The minimum Gasteiger partial charge on any atom is -0.381 e. The second kappa shape index (κ2) is 7.56. The molecule has 1 unspecified atom stereocenters. The molecule has 0 aromatic carbocycles. The van der Waals surface area contributed by atoms with E-state index in [0.29, 0.717) is 5.13 Å². The van der Waals surface area contributed by atoms with Gasteiger partial charge in [0.05, 0.1) is 6.61 Å².